The Hall–Kier alpha value is -3.10. The predicted octanol–water partition coefficient (Wildman–Crippen LogP) is 5.20. The lowest BCUT2D eigenvalue weighted by Gasteiger charge is -2.32. The first kappa shape index (κ1) is 23.1. The summed E-state index contributed by atoms with van der Waals surface area (Å²) in [7, 11) is 0. The summed E-state index contributed by atoms with van der Waals surface area (Å²) < 4.78 is 8.29. The van der Waals surface area contributed by atoms with Crippen LogP contribution in [0.5, 0.6) is 11.5 Å². The van der Waals surface area contributed by atoms with Crippen molar-refractivity contribution in [3.63, 3.8) is 0 Å². The van der Waals surface area contributed by atoms with Gasteiger partial charge in [0.15, 0.2) is 0 Å². The van der Waals surface area contributed by atoms with Gasteiger partial charge in [0.2, 0.25) is 0 Å². The minimum absolute atomic E-state index is 0.255. The fourth-order valence-corrected chi connectivity index (χ4v) is 4.79. The third-order valence-electron chi connectivity index (χ3n) is 5.45. The van der Waals surface area contributed by atoms with Gasteiger partial charge in [-0.3, -0.25) is 5.41 Å². The van der Waals surface area contributed by atoms with Gasteiger partial charge in [0.25, 0.3) is 0 Å². The number of nitrogens with zero attached hydrogens (tertiary/aromatic N) is 3. The molecule has 33 heavy (non-hydrogen) atoms. The predicted molar refractivity (Wildman–Crippen MR) is 136 cm³/mol. The van der Waals surface area contributed by atoms with Crippen molar-refractivity contribution in [1.29, 1.82) is 5.41 Å². The summed E-state index contributed by atoms with van der Waals surface area (Å²) in [6.45, 7) is 4.25. The number of nitrogens with two attached hydrogens (primary N) is 1. The number of benzene rings is 2. The van der Waals surface area contributed by atoms with Gasteiger partial charge in [-0.15, -0.1) is 0 Å². The van der Waals surface area contributed by atoms with Crippen molar-refractivity contribution < 1.29 is 4.74 Å². The largest absolute Gasteiger partial charge is 0.457 e. The number of hydrogen-bond acceptors (Lipinski definition) is 8. The molecule has 1 aromatic heterocycles. The number of rotatable bonds is 9. The molecule has 1 aliphatic heterocycles. The van der Waals surface area contributed by atoms with Crippen molar-refractivity contribution in [3.8, 4) is 11.5 Å². The zero-order chi connectivity index (χ0) is 23.0. The maximum Gasteiger partial charge on any atom is 0.141 e. The molecule has 3 aromatic rings. The molecule has 0 saturated carbocycles. The van der Waals surface area contributed by atoms with Crippen LogP contribution >= 0.6 is 11.9 Å². The number of piperidine rings is 1. The van der Waals surface area contributed by atoms with E-state index >= 15 is 0 Å². The van der Waals surface area contributed by atoms with Gasteiger partial charge in [-0.1, -0.05) is 37.1 Å². The highest BCUT2D eigenvalue weighted by Gasteiger charge is 2.23. The molecule has 0 bridgehead atoms. The van der Waals surface area contributed by atoms with Gasteiger partial charge in [0, 0.05) is 30.4 Å². The van der Waals surface area contributed by atoms with Crippen LogP contribution < -0.4 is 15.8 Å². The van der Waals surface area contributed by atoms with E-state index in [1.807, 2.05) is 66.5 Å². The zero-order valence-corrected chi connectivity index (χ0v) is 19.6. The Balaban J connectivity index is 1.49. The Labute approximate surface area is 199 Å². The number of hydrogen-bond donors (Lipinski definition) is 3. The molecule has 0 aliphatic carbocycles. The highest BCUT2D eigenvalue weighted by Crippen LogP contribution is 2.27. The molecule has 0 amide bonds. The first-order chi connectivity index (χ1) is 16.1. The van der Waals surface area contributed by atoms with Gasteiger partial charge in [-0.25, -0.2) is 14.3 Å². The summed E-state index contributed by atoms with van der Waals surface area (Å²) in [5.41, 5.74) is 7.77. The molecular weight excluding hydrogens is 432 g/mol. The molecule has 8 heteroatoms. The van der Waals surface area contributed by atoms with Crippen LogP contribution in [0.15, 0.2) is 60.9 Å². The molecule has 0 spiro atoms. The fraction of sp³-hybridized carbons (Fsp3) is 0.320. The average molecular weight is 463 g/mol. The van der Waals surface area contributed by atoms with E-state index in [1.54, 1.807) is 0 Å². The van der Waals surface area contributed by atoms with Gasteiger partial charge in [0.05, 0.1) is 11.3 Å². The fourth-order valence-electron chi connectivity index (χ4n) is 3.80. The second-order valence-electron chi connectivity index (χ2n) is 8.00. The number of ether oxygens (including phenoxy) is 1. The van der Waals surface area contributed by atoms with E-state index in [9.17, 15) is 0 Å². The first-order valence-corrected chi connectivity index (χ1v) is 12.3. The number of para-hydroxylation sites is 1. The van der Waals surface area contributed by atoms with Gasteiger partial charge >= 0.3 is 0 Å². The highest BCUT2D eigenvalue weighted by atomic mass is 32.2. The topological polar surface area (TPSA) is 100 Å². The molecular formula is C25H30N6OS. The normalized spacial score (nSPS) is 16.3. The standard InChI is InChI=1S/C25H30N6OS/c1-2-15-33-31-14-6-7-19(16-31)30-25-22(24(27)28-17-29-25)23(26)18-10-12-21(13-11-18)32-20-8-4-3-5-9-20/h3-5,8-13,17,19,26H,2,6-7,14-16H2,1H3,(H3,27,28,29,30). The smallest absolute Gasteiger partial charge is 0.141 e. The van der Waals surface area contributed by atoms with E-state index in [2.05, 4.69) is 26.5 Å². The second-order valence-corrected chi connectivity index (χ2v) is 9.18. The van der Waals surface area contributed by atoms with E-state index in [4.69, 9.17) is 15.9 Å². The SMILES string of the molecule is CCCSN1CCCC(Nc2ncnc(N)c2C(=N)c2ccc(Oc3ccccc3)cc2)C1. The molecule has 2 heterocycles. The summed E-state index contributed by atoms with van der Waals surface area (Å²) in [4.78, 5) is 8.60. The third kappa shape index (κ3) is 6.03. The molecule has 1 fully saturated rings. The molecule has 7 nitrogen and oxygen atoms in total. The van der Waals surface area contributed by atoms with Crippen molar-refractivity contribution in [3.05, 3.63) is 72.1 Å². The average Bonchev–Trinajstić information content (AvgIpc) is 2.84. The van der Waals surface area contributed by atoms with Gasteiger partial charge in [0.1, 0.15) is 29.5 Å². The van der Waals surface area contributed by atoms with Crippen molar-refractivity contribution in [2.75, 3.05) is 29.9 Å². The maximum atomic E-state index is 8.84. The van der Waals surface area contributed by atoms with E-state index < -0.39 is 0 Å². The van der Waals surface area contributed by atoms with Crippen LogP contribution in [0.3, 0.4) is 0 Å². The summed E-state index contributed by atoms with van der Waals surface area (Å²) in [6, 6.07) is 17.3. The summed E-state index contributed by atoms with van der Waals surface area (Å²) >= 11 is 1.91. The summed E-state index contributed by atoms with van der Waals surface area (Å²) in [5, 5.41) is 12.4. The van der Waals surface area contributed by atoms with Crippen LogP contribution in [-0.4, -0.2) is 44.9 Å². The summed E-state index contributed by atoms with van der Waals surface area (Å²) in [6.07, 6.45) is 4.81. The molecule has 1 atom stereocenters. The lowest BCUT2D eigenvalue weighted by Crippen LogP contribution is -2.39. The van der Waals surface area contributed by atoms with Crippen LogP contribution in [0.25, 0.3) is 0 Å². The van der Waals surface area contributed by atoms with Gasteiger partial charge in [-0.2, -0.15) is 0 Å². The minimum Gasteiger partial charge on any atom is -0.457 e. The Morgan fingerprint density at radius 2 is 1.91 bits per heavy atom. The van der Waals surface area contributed by atoms with E-state index in [0.29, 0.717) is 22.9 Å². The Kier molecular flexibility index (Phi) is 7.80. The van der Waals surface area contributed by atoms with Crippen LogP contribution in [0.2, 0.25) is 0 Å². The van der Waals surface area contributed by atoms with Gasteiger partial charge < -0.3 is 15.8 Å². The number of anilines is 2. The van der Waals surface area contributed by atoms with Crippen LogP contribution in [-0.2, 0) is 0 Å². The van der Waals surface area contributed by atoms with Crippen LogP contribution in [0.4, 0.5) is 11.6 Å². The molecule has 0 radical (unpaired) electrons. The van der Waals surface area contributed by atoms with Crippen molar-refractivity contribution in [2.45, 2.75) is 32.2 Å². The molecule has 4 rings (SSSR count). The molecule has 172 valence electrons. The van der Waals surface area contributed by atoms with E-state index in [0.717, 1.165) is 49.4 Å². The Morgan fingerprint density at radius 3 is 2.67 bits per heavy atom. The minimum atomic E-state index is 0.255. The first-order valence-electron chi connectivity index (χ1n) is 11.3. The molecule has 1 aliphatic rings. The van der Waals surface area contributed by atoms with Gasteiger partial charge in [-0.05, 0) is 55.7 Å². The van der Waals surface area contributed by atoms with Crippen LogP contribution in [0.1, 0.15) is 37.3 Å². The lowest BCUT2D eigenvalue weighted by atomic mass is 10.0. The Bertz CT molecular complexity index is 1060. The summed E-state index contributed by atoms with van der Waals surface area (Å²) in [5.74, 6) is 3.53. The molecule has 1 unspecified atom stereocenters. The molecule has 2 aromatic carbocycles. The second kappa shape index (κ2) is 11.2. The van der Waals surface area contributed by atoms with Crippen molar-refractivity contribution in [2.24, 2.45) is 0 Å². The van der Waals surface area contributed by atoms with Crippen LogP contribution in [0, 0.1) is 5.41 Å². The van der Waals surface area contributed by atoms with E-state index in [1.165, 1.54) is 6.33 Å². The number of nitrogens with one attached hydrogen (secondary N) is 2. The molecule has 1 saturated heterocycles. The van der Waals surface area contributed by atoms with E-state index in [-0.39, 0.29) is 11.8 Å². The maximum absolute atomic E-state index is 8.84. The lowest BCUT2D eigenvalue weighted by molar-refractivity contribution is 0.355. The highest BCUT2D eigenvalue weighted by molar-refractivity contribution is 7.97. The van der Waals surface area contributed by atoms with Crippen molar-refractivity contribution in [1.82, 2.24) is 14.3 Å². The third-order valence-corrected chi connectivity index (χ3v) is 6.74. The zero-order valence-electron chi connectivity index (χ0n) is 18.8. The number of aromatic nitrogens is 2. The van der Waals surface area contributed by atoms with Crippen molar-refractivity contribution >= 4 is 29.3 Å². The monoisotopic (exact) mass is 462 g/mol. The number of nitrogen functional groups attached to an aromatic ring is 1. The Morgan fingerprint density at radius 1 is 1.15 bits per heavy atom. The molecule has 4 N–H and O–H groups in total. The quantitative estimate of drug-likeness (QED) is 0.297.